The van der Waals surface area contributed by atoms with Gasteiger partial charge in [-0.25, -0.2) is 0 Å². The molecule has 0 bridgehead atoms. The van der Waals surface area contributed by atoms with Crippen molar-refractivity contribution in [2.24, 2.45) is 0 Å². The second-order valence-corrected chi connectivity index (χ2v) is 6.19. The molecule has 0 radical (unpaired) electrons. The summed E-state index contributed by atoms with van der Waals surface area (Å²) in [4.78, 5) is 0. The Kier molecular flexibility index (Phi) is 4.84. The van der Waals surface area contributed by atoms with Crippen molar-refractivity contribution >= 4 is 45.6 Å². The first-order chi connectivity index (χ1) is 11.1. The average molecular weight is 345 g/mol. The maximum absolute atomic E-state index is 5.96. The monoisotopic (exact) mass is 344 g/mol. The molecule has 0 spiro atoms. The molecule has 5 heteroatoms. The maximum Gasteiger partial charge on any atom is 0.170 e. The SMILES string of the molecule is Cc1cc(Cl)ccc1NC(=S)NCCc1coc2ccccc12. The first kappa shape index (κ1) is 15.8. The predicted octanol–water partition coefficient (Wildman–Crippen LogP) is 4.92. The summed E-state index contributed by atoms with van der Waals surface area (Å²) >= 11 is 11.3. The van der Waals surface area contributed by atoms with Crippen LogP contribution in [-0.4, -0.2) is 11.7 Å². The molecule has 0 aliphatic carbocycles. The van der Waals surface area contributed by atoms with Crippen molar-refractivity contribution in [3.05, 3.63) is 64.9 Å². The van der Waals surface area contributed by atoms with Gasteiger partial charge in [-0.2, -0.15) is 0 Å². The summed E-state index contributed by atoms with van der Waals surface area (Å²) in [5, 5.41) is 8.89. The largest absolute Gasteiger partial charge is 0.464 e. The number of rotatable bonds is 4. The maximum atomic E-state index is 5.96. The Labute approximate surface area is 145 Å². The van der Waals surface area contributed by atoms with Crippen LogP contribution in [0.15, 0.2) is 53.1 Å². The van der Waals surface area contributed by atoms with Gasteiger partial charge in [0.15, 0.2) is 5.11 Å². The highest BCUT2D eigenvalue weighted by atomic mass is 35.5. The first-order valence-electron chi connectivity index (χ1n) is 7.39. The van der Waals surface area contributed by atoms with Crippen molar-refractivity contribution in [1.82, 2.24) is 5.32 Å². The number of hydrogen-bond acceptors (Lipinski definition) is 2. The number of hydrogen-bond donors (Lipinski definition) is 2. The molecule has 0 saturated heterocycles. The normalized spacial score (nSPS) is 10.7. The Morgan fingerprint density at radius 3 is 2.87 bits per heavy atom. The third-order valence-corrected chi connectivity index (χ3v) is 4.16. The summed E-state index contributed by atoms with van der Waals surface area (Å²) in [5.41, 5.74) is 4.11. The lowest BCUT2D eigenvalue weighted by Gasteiger charge is -2.12. The molecule has 2 aromatic carbocycles. The van der Waals surface area contributed by atoms with Gasteiger partial charge in [0.05, 0.1) is 6.26 Å². The highest BCUT2D eigenvalue weighted by Crippen LogP contribution is 2.21. The minimum Gasteiger partial charge on any atom is -0.464 e. The van der Waals surface area contributed by atoms with Gasteiger partial charge in [0.2, 0.25) is 0 Å². The predicted molar refractivity (Wildman–Crippen MR) is 100 cm³/mol. The van der Waals surface area contributed by atoms with Crippen LogP contribution < -0.4 is 10.6 Å². The van der Waals surface area contributed by atoms with Gasteiger partial charge in [0, 0.05) is 22.6 Å². The van der Waals surface area contributed by atoms with Crippen molar-refractivity contribution in [3.63, 3.8) is 0 Å². The second-order valence-electron chi connectivity index (χ2n) is 5.35. The van der Waals surface area contributed by atoms with Crippen LogP contribution in [0.4, 0.5) is 5.69 Å². The van der Waals surface area contributed by atoms with E-state index in [1.54, 1.807) is 0 Å². The summed E-state index contributed by atoms with van der Waals surface area (Å²) in [5.74, 6) is 0. The van der Waals surface area contributed by atoms with Gasteiger partial charge in [0.1, 0.15) is 5.58 Å². The topological polar surface area (TPSA) is 37.2 Å². The fourth-order valence-electron chi connectivity index (χ4n) is 2.47. The first-order valence-corrected chi connectivity index (χ1v) is 8.18. The molecular formula is C18H17ClN2OS. The van der Waals surface area contributed by atoms with E-state index in [-0.39, 0.29) is 0 Å². The highest BCUT2D eigenvalue weighted by Gasteiger charge is 2.06. The minimum absolute atomic E-state index is 0.600. The van der Waals surface area contributed by atoms with Crippen LogP contribution in [0.1, 0.15) is 11.1 Å². The minimum atomic E-state index is 0.600. The van der Waals surface area contributed by atoms with E-state index in [1.165, 1.54) is 5.56 Å². The number of nitrogens with one attached hydrogen (secondary N) is 2. The summed E-state index contributed by atoms with van der Waals surface area (Å²) in [6, 6.07) is 13.7. The molecule has 0 fully saturated rings. The number of thiocarbonyl (C=S) groups is 1. The van der Waals surface area contributed by atoms with E-state index in [2.05, 4.69) is 16.7 Å². The lowest BCUT2D eigenvalue weighted by Crippen LogP contribution is -2.30. The molecule has 1 aromatic heterocycles. The van der Waals surface area contributed by atoms with Crippen molar-refractivity contribution in [2.45, 2.75) is 13.3 Å². The van der Waals surface area contributed by atoms with Gasteiger partial charge in [-0.1, -0.05) is 29.8 Å². The molecule has 2 N–H and O–H groups in total. The van der Waals surface area contributed by atoms with Crippen molar-refractivity contribution in [3.8, 4) is 0 Å². The van der Waals surface area contributed by atoms with Crippen LogP contribution in [0, 0.1) is 6.92 Å². The van der Waals surface area contributed by atoms with Gasteiger partial charge < -0.3 is 15.1 Å². The average Bonchev–Trinajstić information content (AvgIpc) is 2.94. The lowest BCUT2D eigenvalue weighted by molar-refractivity contribution is 0.609. The molecule has 0 aliphatic rings. The Morgan fingerprint density at radius 1 is 1.22 bits per heavy atom. The molecule has 118 valence electrons. The quantitative estimate of drug-likeness (QED) is 0.658. The van der Waals surface area contributed by atoms with Gasteiger partial charge in [0.25, 0.3) is 0 Å². The van der Waals surface area contributed by atoms with Gasteiger partial charge in [-0.3, -0.25) is 0 Å². The summed E-state index contributed by atoms with van der Waals surface area (Å²) in [7, 11) is 0. The van der Waals surface area contributed by atoms with E-state index in [0.717, 1.165) is 40.2 Å². The molecule has 1 heterocycles. The van der Waals surface area contributed by atoms with E-state index >= 15 is 0 Å². The number of para-hydroxylation sites is 1. The number of fused-ring (bicyclic) bond motifs is 1. The summed E-state index contributed by atoms with van der Waals surface area (Å²) in [6.07, 6.45) is 2.66. The van der Waals surface area contributed by atoms with Crippen LogP contribution in [-0.2, 0) is 6.42 Å². The molecule has 3 aromatic rings. The molecule has 0 saturated carbocycles. The third-order valence-electron chi connectivity index (χ3n) is 3.68. The Morgan fingerprint density at radius 2 is 2.04 bits per heavy atom. The summed E-state index contributed by atoms with van der Waals surface area (Å²) in [6.45, 7) is 2.73. The van der Waals surface area contributed by atoms with Gasteiger partial charge >= 0.3 is 0 Å². The van der Waals surface area contributed by atoms with E-state index in [4.69, 9.17) is 28.2 Å². The molecule has 0 aliphatic heterocycles. The van der Waals surface area contributed by atoms with Crippen molar-refractivity contribution < 1.29 is 4.42 Å². The van der Waals surface area contributed by atoms with E-state index in [0.29, 0.717) is 5.11 Å². The molecule has 0 atom stereocenters. The Balaban J connectivity index is 1.55. The number of aryl methyl sites for hydroxylation is 1. The highest BCUT2D eigenvalue weighted by molar-refractivity contribution is 7.80. The second kappa shape index (κ2) is 7.02. The molecule has 3 nitrogen and oxygen atoms in total. The van der Waals surface area contributed by atoms with Crippen LogP contribution in [0.5, 0.6) is 0 Å². The molecule has 3 rings (SSSR count). The Bertz CT molecular complexity index is 844. The Hall–Kier alpha value is -2.04. The molecular weight excluding hydrogens is 328 g/mol. The standard InChI is InChI=1S/C18H17ClN2OS/c1-12-10-14(19)6-7-16(12)21-18(23)20-9-8-13-11-22-17-5-3-2-4-15(13)17/h2-7,10-11H,8-9H2,1H3,(H2,20,21,23). The molecule has 0 amide bonds. The number of furan rings is 1. The van der Waals surface area contributed by atoms with Gasteiger partial charge in [-0.15, -0.1) is 0 Å². The van der Waals surface area contributed by atoms with Crippen LogP contribution in [0.2, 0.25) is 5.02 Å². The van der Waals surface area contributed by atoms with Crippen LogP contribution in [0.25, 0.3) is 11.0 Å². The molecule has 23 heavy (non-hydrogen) atoms. The van der Waals surface area contributed by atoms with Crippen LogP contribution >= 0.6 is 23.8 Å². The summed E-state index contributed by atoms with van der Waals surface area (Å²) < 4.78 is 5.54. The lowest BCUT2D eigenvalue weighted by atomic mass is 10.1. The van der Waals surface area contributed by atoms with Crippen LogP contribution in [0.3, 0.4) is 0 Å². The smallest absolute Gasteiger partial charge is 0.170 e. The number of halogens is 1. The van der Waals surface area contributed by atoms with Crippen molar-refractivity contribution in [2.75, 3.05) is 11.9 Å². The van der Waals surface area contributed by atoms with Gasteiger partial charge in [-0.05, 0) is 61.0 Å². The van der Waals surface area contributed by atoms with E-state index < -0.39 is 0 Å². The number of anilines is 1. The zero-order valence-electron chi connectivity index (χ0n) is 12.7. The fourth-order valence-corrected chi connectivity index (χ4v) is 2.91. The third kappa shape index (κ3) is 3.84. The fraction of sp³-hybridized carbons (Fsp3) is 0.167. The van der Waals surface area contributed by atoms with Crippen molar-refractivity contribution in [1.29, 1.82) is 0 Å². The van der Waals surface area contributed by atoms with E-state index in [1.807, 2.05) is 49.6 Å². The zero-order chi connectivity index (χ0) is 16.2. The zero-order valence-corrected chi connectivity index (χ0v) is 14.3. The van der Waals surface area contributed by atoms with E-state index in [9.17, 15) is 0 Å². The molecule has 0 unspecified atom stereocenters. The number of benzene rings is 2.